The number of thiazole rings is 1. The molecule has 1 aromatic carbocycles. The van der Waals surface area contributed by atoms with Crippen LogP contribution in [0.15, 0.2) is 36.7 Å². The van der Waals surface area contributed by atoms with E-state index in [0.717, 1.165) is 15.4 Å². The van der Waals surface area contributed by atoms with Crippen molar-refractivity contribution in [1.82, 2.24) is 19.6 Å². The number of aromatic nitrogens is 2. The maximum absolute atomic E-state index is 13.1. The number of fused-ring (bicyclic) bond motifs is 1. The minimum atomic E-state index is -0.773. The maximum Gasteiger partial charge on any atom is 0.407 e. The van der Waals surface area contributed by atoms with Crippen LogP contribution in [0.5, 0.6) is 0 Å². The van der Waals surface area contributed by atoms with Crippen molar-refractivity contribution in [2.45, 2.75) is 38.8 Å². The van der Waals surface area contributed by atoms with E-state index in [-0.39, 0.29) is 17.7 Å². The minimum absolute atomic E-state index is 0.161. The molecule has 2 atom stereocenters. The van der Waals surface area contributed by atoms with Crippen LogP contribution < -0.4 is 16.4 Å². The van der Waals surface area contributed by atoms with Crippen LogP contribution in [-0.2, 0) is 14.3 Å². The third kappa shape index (κ3) is 4.84. The summed E-state index contributed by atoms with van der Waals surface area (Å²) in [5.74, 6) is -0.327. The van der Waals surface area contributed by atoms with Gasteiger partial charge in [0, 0.05) is 18.4 Å². The molecule has 11 heteroatoms. The van der Waals surface area contributed by atoms with Crippen LogP contribution in [0.1, 0.15) is 26.7 Å². The molecule has 3 aromatic rings. The largest absolute Gasteiger partial charge is 0.453 e. The number of ether oxygens (including phenoxy) is 1. The number of hydrogen-bond donors (Lipinski definition) is 3. The molecule has 1 aliphatic rings. The van der Waals surface area contributed by atoms with Crippen LogP contribution in [0.25, 0.3) is 15.4 Å². The Balaban J connectivity index is 1.45. The Morgan fingerprint density at radius 3 is 2.59 bits per heavy atom. The zero-order valence-corrected chi connectivity index (χ0v) is 20.1. The monoisotopic (exact) mass is 484 g/mol. The summed E-state index contributed by atoms with van der Waals surface area (Å²) < 4.78 is 6.50. The summed E-state index contributed by atoms with van der Waals surface area (Å²) >= 11 is 1.50. The van der Waals surface area contributed by atoms with Gasteiger partial charge < -0.3 is 26.0 Å². The number of likely N-dealkylation sites (tertiary alicyclic amines) is 1. The highest BCUT2D eigenvalue weighted by Gasteiger charge is 2.39. The number of nitrogens with two attached hydrogens (primary N) is 1. The number of amides is 3. The van der Waals surface area contributed by atoms with Gasteiger partial charge in [0.1, 0.15) is 12.1 Å². The second kappa shape index (κ2) is 9.72. The molecule has 34 heavy (non-hydrogen) atoms. The van der Waals surface area contributed by atoms with Crippen molar-refractivity contribution >= 4 is 45.7 Å². The first kappa shape index (κ1) is 23.6. The topological polar surface area (TPSA) is 131 Å². The fraction of sp³-hybridized carbons (Fsp3) is 0.391. The summed E-state index contributed by atoms with van der Waals surface area (Å²) in [6.45, 7) is 4.12. The van der Waals surface area contributed by atoms with Gasteiger partial charge in [0.2, 0.25) is 11.8 Å². The molecule has 0 bridgehead atoms. The van der Waals surface area contributed by atoms with Crippen LogP contribution in [0.2, 0.25) is 0 Å². The summed E-state index contributed by atoms with van der Waals surface area (Å²) in [5, 5.41) is 5.43. The summed E-state index contributed by atoms with van der Waals surface area (Å²) in [7, 11) is 1.25. The van der Waals surface area contributed by atoms with Crippen LogP contribution >= 0.6 is 11.3 Å². The lowest BCUT2D eigenvalue weighted by atomic mass is 10.0. The molecule has 3 amide bonds. The zero-order valence-electron chi connectivity index (χ0n) is 19.3. The maximum atomic E-state index is 13.1. The van der Waals surface area contributed by atoms with Gasteiger partial charge in [-0.3, -0.25) is 14.0 Å². The highest BCUT2D eigenvalue weighted by molar-refractivity contribution is 7.20. The molecule has 0 unspecified atom stereocenters. The van der Waals surface area contributed by atoms with Crippen LogP contribution in [0.4, 0.5) is 16.3 Å². The van der Waals surface area contributed by atoms with E-state index in [1.165, 1.54) is 23.3 Å². The number of nitrogens with one attached hydrogen (secondary N) is 2. The first-order chi connectivity index (χ1) is 16.3. The average molecular weight is 485 g/mol. The molecular weight excluding hydrogens is 456 g/mol. The highest BCUT2D eigenvalue weighted by Crippen LogP contribution is 2.30. The Morgan fingerprint density at radius 2 is 1.94 bits per heavy atom. The summed E-state index contributed by atoms with van der Waals surface area (Å²) in [4.78, 5) is 45.7. The number of nitrogens with zero attached hydrogens (tertiary/aromatic N) is 3. The normalized spacial score (nSPS) is 16.6. The van der Waals surface area contributed by atoms with Gasteiger partial charge in [-0.15, -0.1) is 0 Å². The van der Waals surface area contributed by atoms with Crippen molar-refractivity contribution in [2.75, 3.05) is 24.7 Å². The van der Waals surface area contributed by atoms with Gasteiger partial charge >= 0.3 is 6.09 Å². The SMILES string of the molecule is COC(=O)N[C@H](C(=O)N1CCC[C@H]1C(=O)Nc1cn2cc(-c3ccc(N)cc3)sc2n1)C(C)C. The molecule has 3 heterocycles. The van der Waals surface area contributed by atoms with Gasteiger partial charge in [-0.2, -0.15) is 0 Å². The van der Waals surface area contributed by atoms with Crippen molar-refractivity contribution in [3.63, 3.8) is 0 Å². The van der Waals surface area contributed by atoms with Crippen LogP contribution in [0, 0.1) is 5.92 Å². The van der Waals surface area contributed by atoms with E-state index < -0.39 is 18.2 Å². The molecule has 4 N–H and O–H groups in total. The van der Waals surface area contributed by atoms with Crippen molar-refractivity contribution in [3.05, 3.63) is 36.7 Å². The highest BCUT2D eigenvalue weighted by atomic mass is 32.1. The van der Waals surface area contributed by atoms with Crippen molar-refractivity contribution < 1.29 is 19.1 Å². The van der Waals surface area contributed by atoms with Gasteiger partial charge in [0.25, 0.3) is 0 Å². The number of alkyl carbamates (subject to hydrolysis) is 1. The Bertz CT molecular complexity index is 1170. The van der Waals surface area contributed by atoms with E-state index in [1.54, 1.807) is 6.20 Å². The fourth-order valence-corrected chi connectivity index (χ4v) is 5.00. The quantitative estimate of drug-likeness (QED) is 0.461. The smallest absolute Gasteiger partial charge is 0.407 e. The Morgan fingerprint density at radius 1 is 1.21 bits per heavy atom. The predicted molar refractivity (Wildman–Crippen MR) is 130 cm³/mol. The lowest BCUT2D eigenvalue weighted by Crippen LogP contribution is -2.54. The number of rotatable bonds is 6. The number of benzene rings is 1. The minimum Gasteiger partial charge on any atom is -0.453 e. The van der Waals surface area contributed by atoms with E-state index in [4.69, 9.17) is 5.73 Å². The Kier molecular flexibility index (Phi) is 6.73. The number of imidazole rings is 1. The molecule has 2 aromatic heterocycles. The molecule has 10 nitrogen and oxygen atoms in total. The molecule has 1 aliphatic heterocycles. The molecule has 1 fully saturated rings. The van der Waals surface area contributed by atoms with Crippen LogP contribution in [0.3, 0.4) is 0 Å². The summed E-state index contributed by atoms with van der Waals surface area (Å²) in [6.07, 6.45) is 4.27. The molecule has 0 saturated carbocycles. The molecule has 0 radical (unpaired) electrons. The first-order valence-corrected chi connectivity index (χ1v) is 11.9. The Labute approximate surface area is 201 Å². The number of hydrogen-bond acceptors (Lipinski definition) is 7. The third-order valence-corrected chi connectivity index (χ3v) is 6.88. The first-order valence-electron chi connectivity index (χ1n) is 11.1. The van der Waals surface area contributed by atoms with E-state index >= 15 is 0 Å². The summed E-state index contributed by atoms with van der Waals surface area (Å²) in [5.41, 5.74) is 7.50. The average Bonchev–Trinajstić information content (AvgIpc) is 3.52. The predicted octanol–water partition coefficient (Wildman–Crippen LogP) is 2.96. The molecular formula is C23H28N6O4S. The second-order valence-corrected chi connectivity index (χ2v) is 9.58. The van der Waals surface area contributed by atoms with E-state index in [1.807, 2.05) is 48.7 Å². The number of methoxy groups -OCH3 is 1. The van der Waals surface area contributed by atoms with Gasteiger partial charge in [-0.1, -0.05) is 37.3 Å². The van der Waals surface area contributed by atoms with Gasteiger partial charge in [-0.25, -0.2) is 9.78 Å². The lowest BCUT2D eigenvalue weighted by molar-refractivity contribution is -0.139. The number of nitrogen functional groups attached to an aromatic ring is 1. The molecule has 1 saturated heterocycles. The third-order valence-electron chi connectivity index (χ3n) is 5.83. The number of carbonyl (C=O) groups excluding carboxylic acids is 3. The fourth-order valence-electron chi connectivity index (χ4n) is 4.03. The zero-order chi connectivity index (χ0) is 24.4. The molecule has 0 aliphatic carbocycles. The van der Waals surface area contributed by atoms with Crippen LogP contribution in [-0.4, -0.2) is 57.9 Å². The van der Waals surface area contributed by atoms with Gasteiger partial charge in [0.15, 0.2) is 10.8 Å². The summed E-state index contributed by atoms with van der Waals surface area (Å²) in [6, 6.07) is 6.21. The number of carbonyl (C=O) groups is 3. The number of anilines is 2. The van der Waals surface area contributed by atoms with Crippen molar-refractivity contribution in [2.24, 2.45) is 5.92 Å². The molecule has 4 rings (SSSR count). The van der Waals surface area contributed by atoms with Gasteiger partial charge in [-0.05, 0) is 36.5 Å². The second-order valence-electron chi connectivity index (χ2n) is 8.57. The standard InChI is InChI=1S/C23H28N6O4S/c1-13(2)19(27-23(32)33-3)21(31)29-10-4-5-16(29)20(30)25-18-12-28-11-17(34-22(28)26-18)14-6-8-15(24)9-7-14/h6-9,11-13,16,19H,4-5,10,24H2,1-3H3,(H,25,30)(H,27,32)/t16-,19-/m0/s1. The van der Waals surface area contributed by atoms with Crippen molar-refractivity contribution in [1.29, 1.82) is 0 Å². The Hall–Kier alpha value is -3.60. The van der Waals surface area contributed by atoms with E-state index in [9.17, 15) is 14.4 Å². The van der Waals surface area contributed by atoms with E-state index in [0.29, 0.717) is 30.9 Å². The molecule has 0 spiro atoms. The lowest BCUT2D eigenvalue weighted by Gasteiger charge is -2.30. The molecule has 180 valence electrons. The van der Waals surface area contributed by atoms with Gasteiger partial charge in [0.05, 0.1) is 18.2 Å². The van der Waals surface area contributed by atoms with E-state index in [2.05, 4.69) is 20.4 Å². The van der Waals surface area contributed by atoms with Crippen molar-refractivity contribution in [3.8, 4) is 10.4 Å².